The Hall–Kier alpha value is -1.09. The fraction of sp³-hybridized carbons (Fsp3) is 0.312. The third kappa shape index (κ3) is 3.32. The summed E-state index contributed by atoms with van der Waals surface area (Å²) in [5.74, 6) is 0. The number of pyridine rings is 1. The van der Waals surface area contributed by atoms with Crippen molar-refractivity contribution in [2.45, 2.75) is 32.3 Å². The van der Waals surface area contributed by atoms with Crippen molar-refractivity contribution in [3.63, 3.8) is 0 Å². The zero-order chi connectivity index (χ0) is 14.9. The maximum absolute atomic E-state index is 10.4. The number of aliphatic hydroxyl groups is 1. The maximum Gasteiger partial charge on any atom is 0.122 e. The van der Waals surface area contributed by atoms with Crippen LogP contribution in [0.3, 0.4) is 0 Å². The molecule has 106 valence electrons. The first-order chi connectivity index (χ1) is 9.29. The molecule has 0 saturated heterocycles. The molecule has 20 heavy (non-hydrogen) atoms. The molecule has 1 aromatic heterocycles. The van der Waals surface area contributed by atoms with Crippen LogP contribution < -0.4 is 0 Å². The van der Waals surface area contributed by atoms with Crippen LogP contribution in [-0.4, -0.2) is 10.1 Å². The molecule has 0 radical (unpaired) electrons. The molecule has 0 amide bonds. The number of aromatic nitrogens is 1. The van der Waals surface area contributed by atoms with Crippen LogP contribution >= 0.6 is 23.2 Å². The van der Waals surface area contributed by atoms with E-state index < -0.39 is 6.10 Å². The molecule has 0 aliphatic carbocycles. The van der Waals surface area contributed by atoms with E-state index in [0.717, 1.165) is 5.56 Å². The number of rotatable bonds is 2. The zero-order valence-corrected chi connectivity index (χ0v) is 13.2. The molecule has 1 heterocycles. The predicted octanol–water partition coefficient (Wildman–Crippen LogP) is 4.77. The van der Waals surface area contributed by atoms with Gasteiger partial charge in [0.25, 0.3) is 0 Å². The van der Waals surface area contributed by atoms with Crippen molar-refractivity contribution in [2.75, 3.05) is 0 Å². The van der Waals surface area contributed by atoms with E-state index in [1.54, 1.807) is 6.07 Å². The minimum atomic E-state index is -0.853. The number of aliphatic hydroxyl groups excluding tert-OH is 1. The van der Waals surface area contributed by atoms with E-state index in [1.807, 2.05) is 24.3 Å². The molecule has 0 fully saturated rings. The molecule has 4 heteroatoms. The second-order valence-electron chi connectivity index (χ2n) is 5.80. The van der Waals surface area contributed by atoms with Gasteiger partial charge in [0.15, 0.2) is 0 Å². The number of halogens is 2. The minimum absolute atomic E-state index is 0.0830. The van der Waals surface area contributed by atoms with Crippen molar-refractivity contribution < 1.29 is 5.11 Å². The molecule has 2 aromatic rings. The summed E-state index contributed by atoms with van der Waals surface area (Å²) in [4.78, 5) is 4.11. The highest BCUT2D eigenvalue weighted by atomic mass is 35.5. The molecule has 0 aliphatic heterocycles. The number of benzene rings is 1. The van der Waals surface area contributed by atoms with E-state index in [1.165, 1.54) is 11.8 Å². The van der Waals surface area contributed by atoms with Gasteiger partial charge in [-0.25, -0.2) is 0 Å². The van der Waals surface area contributed by atoms with Gasteiger partial charge in [0.05, 0.1) is 15.7 Å². The van der Waals surface area contributed by atoms with E-state index in [2.05, 4.69) is 25.8 Å². The van der Waals surface area contributed by atoms with E-state index in [0.29, 0.717) is 15.7 Å². The first-order valence-corrected chi connectivity index (χ1v) is 7.14. The summed E-state index contributed by atoms with van der Waals surface area (Å²) in [7, 11) is 0. The van der Waals surface area contributed by atoms with Crippen LogP contribution in [0, 0.1) is 0 Å². The SMILES string of the molecule is CC(C)(C)c1ccc(C(O)c2ncc(Cl)cc2Cl)cc1. The van der Waals surface area contributed by atoms with Crippen LogP contribution in [0.5, 0.6) is 0 Å². The summed E-state index contributed by atoms with van der Waals surface area (Å²) in [6.07, 6.45) is 0.629. The van der Waals surface area contributed by atoms with Gasteiger partial charge in [-0.15, -0.1) is 0 Å². The molecule has 2 nitrogen and oxygen atoms in total. The summed E-state index contributed by atoms with van der Waals surface area (Å²) in [6, 6.07) is 9.42. The zero-order valence-electron chi connectivity index (χ0n) is 11.7. The van der Waals surface area contributed by atoms with Gasteiger partial charge in [-0.3, -0.25) is 4.98 Å². The van der Waals surface area contributed by atoms with Crippen molar-refractivity contribution in [3.05, 3.63) is 63.4 Å². The number of hydrogen-bond acceptors (Lipinski definition) is 2. The van der Waals surface area contributed by atoms with Gasteiger partial charge in [0.1, 0.15) is 6.10 Å². The van der Waals surface area contributed by atoms with Gasteiger partial charge in [0, 0.05) is 6.20 Å². The Morgan fingerprint density at radius 3 is 2.20 bits per heavy atom. The van der Waals surface area contributed by atoms with Gasteiger partial charge in [-0.2, -0.15) is 0 Å². The Balaban J connectivity index is 2.31. The summed E-state index contributed by atoms with van der Waals surface area (Å²) < 4.78 is 0. The van der Waals surface area contributed by atoms with Crippen molar-refractivity contribution >= 4 is 23.2 Å². The lowest BCUT2D eigenvalue weighted by Gasteiger charge is -2.20. The topological polar surface area (TPSA) is 33.1 Å². The van der Waals surface area contributed by atoms with Crippen LogP contribution in [0.2, 0.25) is 10.0 Å². The number of hydrogen-bond donors (Lipinski definition) is 1. The second kappa shape index (κ2) is 5.72. The molecule has 1 atom stereocenters. The maximum atomic E-state index is 10.4. The van der Waals surface area contributed by atoms with Gasteiger partial charge in [-0.05, 0) is 22.6 Å². The van der Waals surface area contributed by atoms with E-state index >= 15 is 0 Å². The van der Waals surface area contributed by atoms with Crippen molar-refractivity contribution in [2.24, 2.45) is 0 Å². The molecule has 1 N–H and O–H groups in total. The van der Waals surface area contributed by atoms with Crippen LogP contribution in [0.1, 0.15) is 43.7 Å². The fourth-order valence-corrected chi connectivity index (χ4v) is 2.43. The highest BCUT2D eigenvalue weighted by Gasteiger charge is 2.18. The summed E-state index contributed by atoms with van der Waals surface area (Å²) in [5, 5.41) is 11.2. The van der Waals surface area contributed by atoms with Crippen molar-refractivity contribution in [3.8, 4) is 0 Å². The monoisotopic (exact) mass is 309 g/mol. The van der Waals surface area contributed by atoms with E-state index in [9.17, 15) is 5.11 Å². The molecular formula is C16H17Cl2NO. The lowest BCUT2D eigenvalue weighted by Crippen LogP contribution is -2.11. The van der Waals surface area contributed by atoms with Gasteiger partial charge in [-0.1, -0.05) is 68.2 Å². The van der Waals surface area contributed by atoms with E-state index in [-0.39, 0.29) is 5.41 Å². The van der Waals surface area contributed by atoms with Crippen molar-refractivity contribution in [1.29, 1.82) is 0 Å². The fourth-order valence-electron chi connectivity index (χ4n) is 1.95. The molecular weight excluding hydrogens is 293 g/mol. The molecule has 0 spiro atoms. The molecule has 0 saturated carbocycles. The normalized spacial score (nSPS) is 13.3. The lowest BCUT2D eigenvalue weighted by molar-refractivity contribution is 0.215. The van der Waals surface area contributed by atoms with Gasteiger partial charge in [0.2, 0.25) is 0 Å². The second-order valence-corrected chi connectivity index (χ2v) is 6.64. The lowest BCUT2D eigenvalue weighted by atomic mass is 9.86. The summed E-state index contributed by atoms with van der Waals surface area (Å²) in [5.41, 5.74) is 2.47. The largest absolute Gasteiger partial charge is 0.382 e. The van der Waals surface area contributed by atoms with Crippen LogP contribution in [0.15, 0.2) is 36.5 Å². The highest BCUT2D eigenvalue weighted by molar-refractivity contribution is 6.34. The average molecular weight is 310 g/mol. The quantitative estimate of drug-likeness (QED) is 0.867. The van der Waals surface area contributed by atoms with Crippen LogP contribution in [0.25, 0.3) is 0 Å². The Bertz CT molecular complexity index is 603. The first kappa shape index (κ1) is 15.3. The minimum Gasteiger partial charge on any atom is -0.382 e. The standard InChI is InChI=1S/C16H17Cl2NO/c1-16(2,3)11-6-4-10(5-7-11)15(20)14-13(18)8-12(17)9-19-14/h4-9,15,20H,1-3H3. The summed E-state index contributed by atoms with van der Waals surface area (Å²) in [6.45, 7) is 6.45. The molecule has 0 bridgehead atoms. The summed E-state index contributed by atoms with van der Waals surface area (Å²) >= 11 is 11.9. The first-order valence-electron chi connectivity index (χ1n) is 6.38. The highest BCUT2D eigenvalue weighted by Crippen LogP contribution is 2.30. The van der Waals surface area contributed by atoms with Crippen molar-refractivity contribution in [1.82, 2.24) is 4.98 Å². The Morgan fingerprint density at radius 2 is 1.70 bits per heavy atom. The molecule has 0 aliphatic rings. The molecule has 1 unspecified atom stereocenters. The third-order valence-electron chi connectivity index (χ3n) is 3.19. The van der Waals surface area contributed by atoms with Gasteiger partial charge >= 0.3 is 0 Å². The van der Waals surface area contributed by atoms with E-state index in [4.69, 9.17) is 23.2 Å². The third-order valence-corrected chi connectivity index (χ3v) is 3.70. The smallest absolute Gasteiger partial charge is 0.122 e. The molecule has 2 rings (SSSR count). The molecule has 1 aromatic carbocycles. The Labute approximate surface area is 129 Å². The predicted molar refractivity (Wildman–Crippen MR) is 83.5 cm³/mol. The van der Waals surface area contributed by atoms with Gasteiger partial charge < -0.3 is 5.11 Å². The number of nitrogens with zero attached hydrogens (tertiary/aromatic N) is 1. The van der Waals surface area contributed by atoms with Crippen LogP contribution in [-0.2, 0) is 5.41 Å². The Kier molecular flexibility index (Phi) is 4.38. The van der Waals surface area contributed by atoms with Crippen LogP contribution in [0.4, 0.5) is 0 Å². The average Bonchev–Trinajstić information content (AvgIpc) is 2.37. The Morgan fingerprint density at radius 1 is 1.10 bits per heavy atom.